The molecule has 0 saturated heterocycles. The van der Waals surface area contributed by atoms with Crippen molar-refractivity contribution in [3.63, 3.8) is 0 Å². The molecule has 0 aliphatic heterocycles. The molecule has 2 N–H and O–H groups in total. The van der Waals surface area contributed by atoms with Crippen molar-refractivity contribution >= 4 is 23.1 Å². The van der Waals surface area contributed by atoms with Crippen LogP contribution < -0.4 is 10.6 Å². The minimum absolute atomic E-state index is 0.336. The van der Waals surface area contributed by atoms with E-state index < -0.39 is 0 Å². The Morgan fingerprint density at radius 1 is 1.24 bits per heavy atom. The molecule has 0 amide bonds. The van der Waals surface area contributed by atoms with Crippen LogP contribution in [0.2, 0.25) is 5.02 Å². The van der Waals surface area contributed by atoms with Crippen molar-refractivity contribution in [3.8, 4) is 0 Å². The summed E-state index contributed by atoms with van der Waals surface area (Å²) in [5, 5.41) is 0.715. The zero-order valence-electron chi connectivity index (χ0n) is 9.47. The van der Waals surface area contributed by atoms with Gasteiger partial charge in [-0.05, 0) is 30.3 Å². The Hall–Kier alpha value is -1.65. The van der Waals surface area contributed by atoms with Crippen LogP contribution in [0.15, 0.2) is 36.5 Å². The van der Waals surface area contributed by atoms with Crippen molar-refractivity contribution in [2.24, 2.45) is 5.73 Å². The lowest BCUT2D eigenvalue weighted by Crippen LogP contribution is -2.13. The van der Waals surface area contributed by atoms with E-state index >= 15 is 0 Å². The first kappa shape index (κ1) is 11.8. The number of hydrogen-bond donors (Lipinski definition) is 1. The maximum atomic E-state index is 5.85. The second-order valence-electron chi connectivity index (χ2n) is 3.57. The molecule has 0 radical (unpaired) electrons. The van der Waals surface area contributed by atoms with Gasteiger partial charge in [0.2, 0.25) is 0 Å². The normalized spacial score (nSPS) is 10.3. The van der Waals surface area contributed by atoms with Gasteiger partial charge in [-0.15, -0.1) is 0 Å². The van der Waals surface area contributed by atoms with Gasteiger partial charge < -0.3 is 10.6 Å². The van der Waals surface area contributed by atoms with Crippen LogP contribution in [-0.2, 0) is 6.54 Å². The van der Waals surface area contributed by atoms with Gasteiger partial charge in [-0.3, -0.25) is 0 Å². The Morgan fingerprint density at radius 2 is 1.94 bits per heavy atom. The second kappa shape index (κ2) is 5.12. The molecule has 0 atom stereocenters. The molecule has 88 valence electrons. The number of anilines is 2. The van der Waals surface area contributed by atoms with E-state index in [-0.39, 0.29) is 0 Å². The predicted molar refractivity (Wildman–Crippen MR) is 69.4 cm³/mol. The van der Waals surface area contributed by atoms with E-state index in [1.54, 1.807) is 6.20 Å². The quantitative estimate of drug-likeness (QED) is 0.906. The number of rotatable bonds is 3. The number of aromatic nitrogens is 2. The fraction of sp³-hybridized carbons (Fsp3) is 0.167. The number of nitrogens with zero attached hydrogens (tertiary/aromatic N) is 3. The standard InChI is InChI=1S/C12H13ClN4/c1-17(10-4-2-9(13)3-5-10)12-6-7-15-11(8-14)16-12/h2-7H,8,14H2,1H3. The van der Waals surface area contributed by atoms with Crippen molar-refractivity contribution in [2.45, 2.75) is 6.54 Å². The highest BCUT2D eigenvalue weighted by atomic mass is 35.5. The van der Waals surface area contributed by atoms with Crippen LogP contribution in [0, 0.1) is 0 Å². The fourth-order valence-corrected chi connectivity index (χ4v) is 1.60. The molecule has 0 fully saturated rings. The zero-order chi connectivity index (χ0) is 12.3. The minimum atomic E-state index is 0.336. The molecule has 0 bridgehead atoms. The highest BCUT2D eigenvalue weighted by Crippen LogP contribution is 2.22. The molecule has 1 aromatic carbocycles. The molecular weight excluding hydrogens is 236 g/mol. The third kappa shape index (κ3) is 2.72. The second-order valence-corrected chi connectivity index (χ2v) is 4.01. The molecule has 0 aliphatic carbocycles. The number of benzene rings is 1. The predicted octanol–water partition coefficient (Wildman–Crippen LogP) is 2.36. The van der Waals surface area contributed by atoms with Gasteiger partial charge in [-0.25, -0.2) is 9.97 Å². The average Bonchev–Trinajstić information content (AvgIpc) is 2.39. The van der Waals surface area contributed by atoms with Crippen LogP contribution in [0.4, 0.5) is 11.5 Å². The summed E-state index contributed by atoms with van der Waals surface area (Å²) in [4.78, 5) is 10.4. The van der Waals surface area contributed by atoms with Gasteiger partial charge >= 0.3 is 0 Å². The molecule has 4 nitrogen and oxygen atoms in total. The summed E-state index contributed by atoms with van der Waals surface area (Å²) in [6, 6.07) is 9.41. The molecule has 2 rings (SSSR count). The first-order chi connectivity index (χ1) is 8.20. The monoisotopic (exact) mass is 248 g/mol. The molecule has 5 heteroatoms. The van der Waals surface area contributed by atoms with Crippen molar-refractivity contribution in [2.75, 3.05) is 11.9 Å². The van der Waals surface area contributed by atoms with Crippen LogP contribution >= 0.6 is 11.6 Å². The van der Waals surface area contributed by atoms with E-state index in [4.69, 9.17) is 17.3 Å². The van der Waals surface area contributed by atoms with Gasteiger partial charge in [0, 0.05) is 24.0 Å². The largest absolute Gasteiger partial charge is 0.329 e. The van der Waals surface area contributed by atoms with Crippen molar-refractivity contribution < 1.29 is 0 Å². The minimum Gasteiger partial charge on any atom is -0.329 e. The van der Waals surface area contributed by atoms with Gasteiger partial charge in [0.15, 0.2) is 0 Å². The first-order valence-electron chi connectivity index (χ1n) is 5.22. The number of halogens is 1. The molecule has 2 aromatic rings. The lowest BCUT2D eigenvalue weighted by molar-refractivity contribution is 0.899. The Balaban J connectivity index is 2.29. The summed E-state index contributed by atoms with van der Waals surface area (Å²) in [5.41, 5.74) is 6.53. The molecule has 0 spiro atoms. The Labute approximate surface area is 105 Å². The summed E-state index contributed by atoms with van der Waals surface area (Å²) in [6.07, 6.45) is 1.71. The van der Waals surface area contributed by atoms with Crippen molar-refractivity contribution in [3.05, 3.63) is 47.4 Å². The lowest BCUT2D eigenvalue weighted by Gasteiger charge is -2.18. The summed E-state index contributed by atoms with van der Waals surface area (Å²) in [7, 11) is 1.94. The van der Waals surface area contributed by atoms with E-state index in [0.29, 0.717) is 17.4 Å². The van der Waals surface area contributed by atoms with E-state index in [9.17, 15) is 0 Å². The smallest absolute Gasteiger partial charge is 0.144 e. The van der Waals surface area contributed by atoms with Gasteiger partial charge in [-0.2, -0.15) is 0 Å². The molecule has 1 aromatic heterocycles. The maximum absolute atomic E-state index is 5.85. The molecule has 1 heterocycles. The Morgan fingerprint density at radius 3 is 2.59 bits per heavy atom. The van der Waals surface area contributed by atoms with Gasteiger partial charge in [0.1, 0.15) is 11.6 Å². The zero-order valence-corrected chi connectivity index (χ0v) is 10.2. The summed E-state index contributed by atoms with van der Waals surface area (Å²) < 4.78 is 0. The molecule has 0 aliphatic rings. The summed E-state index contributed by atoms with van der Waals surface area (Å²) >= 11 is 5.85. The third-order valence-electron chi connectivity index (χ3n) is 2.43. The van der Waals surface area contributed by atoms with E-state index in [1.165, 1.54) is 0 Å². The highest BCUT2D eigenvalue weighted by Gasteiger charge is 2.06. The number of hydrogen-bond acceptors (Lipinski definition) is 4. The van der Waals surface area contributed by atoms with Gasteiger partial charge in [0.25, 0.3) is 0 Å². The summed E-state index contributed by atoms with van der Waals surface area (Å²) in [6.45, 7) is 0.336. The Kier molecular flexibility index (Phi) is 3.56. The van der Waals surface area contributed by atoms with Crippen molar-refractivity contribution in [1.29, 1.82) is 0 Å². The Bertz CT molecular complexity index is 498. The van der Waals surface area contributed by atoms with E-state index in [1.807, 2.05) is 42.3 Å². The third-order valence-corrected chi connectivity index (χ3v) is 2.68. The van der Waals surface area contributed by atoms with Gasteiger partial charge in [-0.1, -0.05) is 11.6 Å². The topological polar surface area (TPSA) is 55.0 Å². The average molecular weight is 249 g/mol. The molecule has 0 unspecified atom stereocenters. The SMILES string of the molecule is CN(c1ccc(Cl)cc1)c1ccnc(CN)n1. The lowest BCUT2D eigenvalue weighted by atomic mass is 10.3. The van der Waals surface area contributed by atoms with E-state index in [2.05, 4.69) is 9.97 Å². The molecule has 17 heavy (non-hydrogen) atoms. The van der Waals surface area contributed by atoms with Crippen LogP contribution in [-0.4, -0.2) is 17.0 Å². The van der Waals surface area contributed by atoms with Crippen LogP contribution in [0.3, 0.4) is 0 Å². The number of nitrogens with two attached hydrogens (primary N) is 1. The van der Waals surface area contributed by atoms with Gasteiger partial charge in [0.05, 0.1) is 6.54 Å². The van der Waals surface area contributed by atoms with Crippen LogP contribution in [0.5, 0.6) is 0 Å². The summed E-state index contributed by atoms with van der Waals surface area (Å²) in [5.74, 6) is 1.44. The van der Waals surface area contributed by atoms with Crippen LogP contribution in [0.1, 0.15) is 5.82 Å². The maximum Gasteiger partial charge on any atom is 0.144 e. The highest BCUT2D eigenvalue weighted by molar-refractivity contribution is 6.30. The van der Waals surface area contributed by atoms with Crippen LogP contribution in [0.25, 0.3) is 0 Å². The first-order valence-corrected chi connectivity index (χ1v) is 5.60. The fourth-order valence-electron chi connectivity index (χ4n) is 1.47. The van der Waals surface area contributed by atoms with Crippen molar-refractivity contribution in [1.82, 2.24) is 9.97 Å². The molecular formula is C12H13ClN4. The molecule has 0 saturated carbocycles. The van der Waals surface area contributed by atoms with E-state index in [0.717, 1.165) is 11.5 Å².